The zero-order chi connectivity index (χ0) is 15.3. The fourth-order valence-corrected chi connectivity index (χ4v) is 5.18. The van der Waals surface area contributed by atoms with Crippen LogP contribution >= 0.6 is 0 Å². The van der Waals surface area contributed by atoms with E-state index in [-0.39, 0.29) is 11.7 Å². The third-order valence-corrected chi connectivity index (χ3v) is 6.39. The van der Waals surface area contributed by atoms with Gasteiger partial charge in [0.05, 0.1) is 30.3 Å². The van der Waals surface area contributed by atoms with E-state index < -0.39 is 15.9 Å². The first-order chi connectivity index (χ1) is 9.94. The summed E-state index contributed by atoms with van der Waals surface area (Å²) in [6.07, 6.45) is 5.22. The van der Waals surface area contributed by atoms with Crippen LogP contribution in [0.4, 0.5) is 0 Å². The quantitative estimate of drug-likeness (QED) is 0.731. The number of aliphatic hydroxyl groups is 1. The van der Waals surface area contributed by atoms with Crippen molar-refractivity contribution in [1.29, 1.82) is 0 Å². The Morgan fingerprint density at radius 3 is 2.81 bits per heavy atom. The summed E-state index contributed by atoms with van der Waals surface area (Å²) < 4.78 is 28.5. The summed E-state index contributed by atoms with van der Waals surface area (Å²) in [6.45, 7) is 3.76. The van der Waals surface area contributed by atoms with Crippen LogP contribution in [0.2, 0.25) is 0 Å². The molecule has 0 aromatic carbocycles. The average molecular weight is 319 g/mol. The zero-order valence-corrected chi connectivity index (χ0v) is 13.8. The van der Waals surface area contributed by atoms with Crippen molar-refractivity contribution in [2.75, 3.05) is 31.2 Å². The number of ether oxygens (including phenoxy) is 1. The molecular weight excluding hydrogens is 290 g/mol. The minimum atomic E-state index is -2.80. The molecular formula is C15H29NO4S. The highest BCUT2D eigenvalue weighted by atomic mass is 32.2. The second kappa shape index (κ2) is 7.90. The smallest absolute Gasteiger partial charge is 0.150 e. The summed E-state index contributed by atoms with van der Waals surface area (Å²) >= 11 is 0. The predicted octanol–water partition coefficient (Wildman–Crippen LogP) is 0.967. The number of sulfone groups is 1. The Kier molecular flexibility index (Phi) is 6.47. The van der Waals surface area contributed by atoms with Gasteiger partial charge in [-0.2, -0.15) is 0 Å². The third-order valence-electron chi connectivity index (χ3n) is 4.55. The summed E-state index contributed by atoms with van der Waals surface area (Å²) in [5, 5.41) is 13.1. The molecule has 0 radical (unpaired) electrons. The SMILES string of the molecule is CC1CCCC(OCC(O)CNCC2CCS(=O)(=O)C2)C1. The number of nitrogens with one attached hydrogen (secondary N) is 1. The lowest BCUT2D eigenvalue weighted by Crippen LogP contribution is -2.35. The van der Waals surface area contributed by atoms with Gasteiger partial charge in [0.15, 0.2) is 9.84 Å². The van der Waals surface area contributed by atoms with Crippen molar-refractivity contribution in [3.05, 3.63) is 0 Å². The Morgan fingerprint density at radius 2 is 2.14 bits per heavy atom. The number of aliphatic hydroxyl groups excluding tert-OH is 1. The Balaban J connectivity index is 1.54. The largest absolute Gasteiger partial charge is 0.389 e. The van der Waals surface area contributed by atoms with Crippen LogP contribution in [-0.2, 0) is 14.6 Å². The van der Waals surface area contributed by atoms with Crippen molar-refractivity contribution < 1.29 is 18.3 Å². The third kappa shape index (κ3) is 6.22. The summed E-state index contributed by atoms with van der Waals surface area (Å²) in [7, 11) is -2.80. The Morgan fingerprint density at radius 1 is 1.33 bits per heavy atom. The van der Waals surface area contributed by atoms with E-state index >= 15 is 0 Å². The van der Waals surface area contributed by atoms with Gasteiger partial charge in [0.1, 0.15) is 0 Å². The van der Waals surface area contributed by atoms with Crippen LogP contribution in [0, 0.1) is 11.8 Å². The Labute approximate surface area is 128 Å². The van der Waals surface area contributed by atoms with E-state index in [0.29, 0.717) is 31.6 Å². The van der Waals surface area contributed by atoms with Crippen molar-refractivity contribution in [2.45, 2.75) is 51.2 Å². The van der Waals surface area contributed by atoms with E-state index in [1.807, 2.05) is 0 Å². The van der Waals surface area contributed by atoms with E-state index in [0.717, 1.165) is 25.2 Å². The molecule has 1 saturated heterocycles. The highest BCUT2D eigenvalue weighted by Crippen LogP contribution is 2.25. The second-order valence-corrected chi connectivity index (χ2v) is 9.04. The molecule has 2 aliphatic rings. The minimum absolute atomic E-state index is 0.197. The molecule has 1 heterocycles. The van der Waals surface area contributed by atoms with Gasteiger partial charge < -0.3 is 15.2 Å². The van der Waals surface area contributed by atoms with Crippen LogP contribution in [0.1, 0.15) is 39.0 Å². The van der Waals surface area contributed by atoms with Crippen molar-refractivity contribution in [2.24, 2.45) is 11.8 Å². The molecule has 4 atom stereocenters. The van der Waals surface area contributed by atoms with Crippen LogP contribution in [0.3, 0.4) is 0 Å². The van der Waals surface area contributed by atoms with Gasteiger partial charge in [0.25, 0.3) is 0 Å². The molecule has 5 nitrogen and oxygen atoms in total. The Hall–Kier alpha value is -0.170. The van der Waals surface area contributed by atoms with Crippen LogP contribution in [-0.4, -0.2) is 56.9 Å². The maximum absolute atomic E-state index is 11.3. The molecule has 0 amide bonds. The fraction of sp³-hybridized carbons (Fsp3) is 1.00. The summed E-state index contributed by atoms with van der Waals surface area (Å²) in [6, 6.07) is 0. The molecule has 21 heavy (non-hydrogen) atoms. The van der Waals surface area contributed by atoms with Gasteiger partial charge in [-0.05, 0) is 37.6 Å². The molecule has 124 valence electrons. The molecule has 6 heteroatoms. The van der Waals surface area contributed by atoms with Gasteiger partial charge in [-0.15, -0.1) is 0 Å². The molecule has 0 bridgehead atoms. The van der Waals surface area contributed by atoms with Crippen molar-refractivity contribution >= 4 is 9.84 Å². The molecule has 1 aliphatic heterocycles. The lowest BCUT2D eigenvalue weighted by atomic mass is 9.89. The van der Waals surface area contributed by atoms with Gasteiger partial charge in [0, 0.05) is 6.54 Å². The van der Waals surface area contributed by atoms with E-state index in [4.69, 9.17) is 4.74 Å². The lowest BCUT2D eigenvalue weighted by Gasteiger charge is -2.27. The van der Waals surface area contributed by atoms with Gasteiger partial charge >= 0.3 is 0 Å². The Bertz CT molecular complexity index is 412. The molecule has 1 saturated carbocycles. The number of hydrogen-bond donors (Lipinski definition) is 2. The molecule has 0 aromatic rings. The summed E-state index contributed by atoms with van der Waals surface area (Å²) in [5.41, 5.74) is 0. The molecule has 0 spiro atoms. The van der Waals surface area contributed by atoms with Crippen molar-refractivity contribution in [3.63, 3.8) is 0 Å². The zero-order valence-electron chi connectivity index (χ0n) is 13.0. The predicted molar refractivity (Wildman–Crippen MR) is 83.0 cm³/mol. The van der Waals surface area contributed by atoms with Crippen molar-refractivity contribution in [3.8, 4) is 0 Å². The maximum atomic E-state index is 11.3. The molecule has 2 rings (SSSR count). The normalized spacial score (nSPS) is 33.9. The molecule has 2 fully saturated rings. The first-order valence-corrected chi connectivity index (χ1v) is 9.97. The van der Waals surface area contributed by atoms with Crippen LogP contribution in [0.15, 0.2) is 0 Å². The first kappa shape index (κ1) is 17.2. The van der Waals surface area contributed by atoms with Crippen molar-refractivity contribution in [1.82, 2.24) is 5.32 Å². The molecule has 2 N–H and O–H groups in total. The topological polar surface area (TPSA) is 75.6 Å². The van der Waals surface area contributed by atoms with Gasteiger partial charge in [-0.25, -0.2) is 8.42 Å². The van der Waals surface area contributed by atoms with E-state index in [2.05, 4.69) is 12.2 Å². The minimum Gasteiger partial charge on any atom is -0.389 e. The van der Waals surface area contributed by atoms with Gasteiger partial charge in [-0.3, -0.25) is 0 Å². The van der Waals surface area contributed by atoms with E-state index in [1.54, 1.807) is 0 Å². The maximum Gasteiger partial charge on any atom is 0.150 e. The monoisotopic (exact) mass is 319 g/mol. The molecule has 1 aliphatic carbocycles. The van der Waals surface area contributed by atoms with Crippen LogP contribution in [0.25, 0.3) is 0 Å². The van der Waals surface area contributed by atoms with Crippen LogP contribution in [0.5, 0.6) is 0 Å². The molecule has 0 aromatic heterocycles. The van der Waals surface area contributed by atoms with Gasteiger partial charge in [-0.1, -0.05) is 19.8 Å². The highest BCUT2D eigenvalue weighted by molar-refractivity contribution is 7.91. The summed E-state index contributed by atoms with van der Waals surface area (Å²) in [4.78, 5) is 0. The van der Waals surface area contributed by atoms with Crippen LogP contribution < -0.4 is 5.32 Å². The van der Waals surface area contributed by atoms with E-state index in [1.165, 1.54) is 12.8 Å². The second-order valence-electron chi connectivity index (χ2n) is 6.81. The summed E-state index contributed by atoms with van der Waals surface area (Å²) in [5.74, 6) is 1.52. The highest BCUT2D eigenvalue weighted by Gasteiger charge is 2.27. The average Bonchev–Trinajstić information content (AvgIpc) is 2.76. The van der Waals surface area contributed by atoms with E-state index in [9.17, 15) is 13.5 Å². The fourth-order valence-electron chi connectivity index (χ4n) is 3.32. The first-order valence-electron chi connectivity index (χ1n) is 8.15. The van der Waals surface area contributed by atoms with Gasteiger partial charge in [0.2, 0.25) is 0 Å². The standard InChI is InChI=1S/C15H29NO4S/c1-12-3-2-4-15(7-12)20-10-14(17)9-16-8-13-5-6-21(18,19)11-13/h12-17H,2-11H2,1H3. The lowest BCUT2D eigenvalue weighted by molar-refractivity contribution is -0.0307. The number of rotatable bonds is 7. The number of hydrogen-bond acceptors (Lipinski definition) is 5. The molecule has 4 unspecified atom stereocenters.